The van der Waals surface area contributed by atoms with Gasteiger partial charge in [0.05, 0.1) is 18.1 Å². The second kappa shape index (κ2) is 8.68. The van der Waals surface area contributed by atoms with Crippen LogP contribution in [0.4, 0.5) is 16.3 Å². The number of piperazine rings is 1. The lowest BCUT2D eigenvalue weighted by atomic mass is 10.1. The van der Waals surface area contributed by atoms with E-state index >= 15 is 0 Å². The van der Waals surface area contributed by atoms with E-state index in [0.717, 1.165) is 41.1 Å². The predicted octanol–water partition coefficient (Wildman–Crippen LogP) is 1.45. The monoisotopic (exact) mass is 422 g/mol. The number of benzene rings is 1. The van der Waals surface area contributed by atoms with Crippen LogP contribution >= 0.6 is 0 Å². The summed E-state index contributed by atoms with van der Waals surface area (Å²) < 4.78 is 1.73. The van der Waals surface area contributed by atoms with E-state index in [1.165, 1.54) is 0 Å². The molecule has 10 nitrogen and oxygen atoms in total. The van der Waals surface area contributed by atoms with E-state index < -0.39 is 6.03 Å². The highest BCUT2D eigenvalue weighted by atomic mass is 16.2. The van der Waals surface area contributed by atoms with Gasteiger partial charge in [0.1, 0.15) is 12.1 Å². The number of aromatic nitrogens is 4. The van der Waals surface area contributed by atoms with Gasteiger partial charge in [-0.3, -0.25) is 19.7 Å². The normalized spacial score (nSPS) is 14.6. The van der Waals surface area contributed by atoms with Gasteiger partial charge in [-0.2, -0.15) is 5.10 Å². The molecular weight excluding hydrogens is 396 g/mol. The molecule has 31 heavy (non-hydrogen) atoms. The van der Waals surface area contributed by atoms with Crippen molar-refractivity contribution in [2.75, 3.05) is 42.9 Å². The number of nitrogens with zero attached hydrogens (tertiary/aromatic N) is 6. The zero-order chi connectivity index (χ0) is 22.0. The van der Waals surface area contributed by atoms with Crippen molar-refractivity contribution in [2.45, 2.75) is 13.8 Å². The molecule has 1 fully saturated rings. The highest BCUT2D eigenvalue weighted by Gasteiger charge is 2.23. The Bertz CT molecular complexity index is 1120. The van der Waals surface area contributed by atoms with Crippen molar-refractivity contribution in [2.24, 2.45) is 7.05 Å². The summed E-state index contributed by atoms with van der Waals surface area (Å²) in [6.07, 6.45) is 3.33. The fourth-order valence-corrected chi connectivity index (χ4v) is 3.80. The second-order valence-electron chi connectivity index (χ2n) is 7.79. The van der Waals surface area contributed by atoms with E-state index in [0.29, 0.717) is 18.8 Å². The van der Waals surface area contributed by atoms with Crippen LogP contribution in [0.1, 0.15) is 11.1 Å². The molecule has 1 aliphatic heterocycles. The largest absolute Gasteiger partial charge is 0.353 e. The van der Waals surface area contributed by atoms with Crippen molar-refractivity contribution >= 4 is 34.5 Å². The van der Waals surface area contributed by atoms with E-state index in [1.807, 2.05) is 44.0 Å². The third kappa shape index (κ3) is 4.64. The first-order chi connectivity index (χ1) is 14.9. The lowest BCUT2D eigenvalue weighted by Gasteiger charge is -2.35. The number of anilines is 2. The summed E-state index contributed by atoms with van der Waals surface area (Å²) in [5, 5.41) is 10.3. The smallest absolute Gasteiger partial charge is 0.325 e. The molecule has 3 aromatic rings. The number of carbonyl (C=O) groups is 2. The molecule has 3 heterocycles. The van der Waals surface area contributed by atoms with Gasteiger partial charge in [0, 0.05) is 38.9 Å². The highest BCUT2D eigenvalue weighted by Crippen LogP contribution is 2.23. The molecular formula is C21H26N8O2. The van der Waals surface area contributed by atoms with Crippen LogP contribution in [0, 0.1) is 13.8 Å². The Morgan fingerprint density at radius 1 is 1.10 bits per heavy atom. The Hall–Kier alpha value is -3.53. The molecule has 0 radical (unpaired) electrons. The highest BCUT2D eigenvalue weighted by molar-refractivity contribution is 6.02. The van der Waals surface area contributed by atoms with Gasteiger partial charge >= 0.3 is 6.03 Å². The molecule has 3 amide bonds. The lowest BCUT2D eigenvalue weighted by molar-refractivity contribution is -0.121. The van der Waals surface area contributed by atoms with Crippen molar-refractivity contribution < 1.29 is 9.59 Å². The standard InChI is InChI=1S/C21H26N8O2/c1-14-4-5-17(15(2)10-14)25-21(31)26-18(30)12-28-6-8-29(9-7-28)20-16-11-24-27(3)19(16)22-13-23-20/h4-5,10-11,13H,6-9,12H2,1-3H3,(H2,25,26,30,31). The minimum absolute atomic E-state index is 0.167. The molecule has 0 aliphatic carbocycles. The fraction of sp³-hybridized carbons (Fsp3) is 0.381. The van der Waals surface area contributed by atoms with Gasteiger partial charge < -0.3 is 10.2 Å². The molecule has 4 rings (SSSR count). The third-order valence-electron chi connectivity index (χ3n) is 5.43. The molecule has 162 valence electrons. The Balaban J connectivity index is 1.28. The Morgan fingerprint density at radius 2 is 1.87 bits per heavy atom. The number of hydrogen-bond acceptors (Lipinski definition) is 7. The number of aryl methyl sites for hydroxylation is 3. The summed E-state index contributed by atoms with van der Waals surface area (Å²) in [6.45, 7) is 6.91. The average molecular weight is 422 g/mol. The van der Waals surface area contributed by atoms with Crippen LogP contribution in [0.2, 0.25) is 0 Å². The number of amides is 3. The molecule has 2 aromatic heterocycles. The van der Waals surface area contributed by atoms with E-state index in [1.54, 1.807) is 17.2 Å². The molecule has 2 N–H and O–H groups in total. The van der Waals surface area contributed by atoms with Crippen molar-refractivity contribution in [3.8, 4) is 0 Å². The van der Waals surface area contributed by atoms with Crippen molar-refractivity contribution in [1.82, 2.24) is 30.0 Å². The summed E-state index contributed by atoms with van der Waals surface area (Å²) in [7, 11) is 1.85. The maximum absolute atomic E-state index is 12.3. The van der Waals surface area contributed by atoms with Gasteiger partial charge in [0.15, 0.2) is 5.65 Å². The molecule has 1 aromatic carbocycles. The summed E-state index contributed by atoms with van der Waals surface area (Å²) in [5.74, 6) is 0.530. The van der Waals surface area contributed by atoms with Crippen LogP contribution < -0.4 is 15.5 Å². The number of hydrogen-bond donors (Lipinski definition) is 2. The minimum atomic E-state index is -0.518. The van der Waals surface area contributed by atoms with Gasteiger partial charge in [-0.1, -0.05) is 17.7 Å². The zero-order valence-corrected chi connectivity index (χ0v) is 17.9. The first-order valence-corrected chi connectivity index (χ1v) is 10.2. The number of rotatable bonds is 4. The summed E-state index contributed by atoms with van der Waals surface area (Å²) >= 11 is 0. The topological polar surface area (TPSA) is 108 Å². The van der Waals surface area contributed by atoms with E-state index in [2.05, 4.69) is 30.6 Å². The molecule has 0 bridgehead atoms. The lowest BCUT2D eigenvalue weighted by Crippen LogP contribution is -2.50. The minimum Gasteiger partial charge on any atom is -0.353 e. The van der Waals surface area contributed by atoms with Gasteiger partial charge in [-0.05, 0) is 25.5 Å². The van der Waals surface area contributed by atoms with Crippen molar-refractivity contribution in [1.29, 1.82) is 0 Å². The summed E-state index contributed by atoms with van der Waals surface area (Å²) in [5.41, 5.74) is 3.55. The van der Waals surface area contributed by atoms with E-state index in [4.69, 9.17) is 0 Å². The van der Waals surface area contributed by atoms with Crippen LogP contribution in [0.25, 0.3) is 11.0 Å². The van der Waals surface area contributed by atoms with E-state index in [9.17, 15) is 9.59 Å². The first-order valence-electron chi connectivity index (χ1n) is 10.2. The molecule has 0 saturated carbocycles. The van der Waals surface area contributed by atoms with Crippen molar-refractivity contribution in [3.05, 3.63) is 41.9 Å². The third-order valence-corrected chi connectivity index (χ3v) is 5.43. The average Bonchev–Trinajstić information content (AvgIpc) is 3.12. The number of carbonyl (C=O) groups excluding carboxylic acids is 2. The van der Waals surface area contributed by atoms with Crippen LogP contribution in [0.5, 0.6) is 0 Å². The predicted molar refractivity (Wildman–Crippen MR) is 118 cm³/mol. The first kappa shape index (κ1) is 20.7. The number of imide groups is 1. The van der Waals surface area contributed by atoms with Gasteiger partial charge in [0.25, 0.3) is 0 Å². The number of nitrogens with one attached hydrogen (secondary N) is 2. The molecule has 0 atom stereocenters. The van der Waals surface area contributed by atoms with Crippen molar-refractivity contribution in [3.63, 3.8) is 0 Å². The van der Waals surface area contributed by atoms with Gasteiger partial charge in [0.2, 0.25) is 5.91 Å². The Morgan fingerprint density at radius 3 is 2.61 bits per heavy atom. The second-order valence-corrected chi connectivity index (χ2v) is 7.79. The molecule has 10 heteroatoms. The molecule has 0 spiro atoms. The van der Waals surface area contributed by atoms with Crippen LogP contribution in [0.3, 0.4) is 0 Å². The van der Waals surface area contributed by atoms with E-state index in [-0.39, 0.29) is 12.5 Å². The molecule has 1 aliphatic rings. The number of fused-ring (bicyclic) bond motifs is 1. The van der Waals surface area contributed by atoms with Gasteiger partial charge in [-0.15, -0.1) is 0 Å². The van der Waals surface area contributed by atoms with Crippen LogP contribution in [-0.4, -0.2) is 69.3 Å². The summed E-state index contributed by atoms with van der Waals surface area (Å²) in [6, 6.07) is 5.21. The molecule has 0 unspecified atom stereocenters. The maximum atomic E-state index is 12.3. The van der Waals surface area contributed by atoms with Crippen LogP contribution in [-0.2, 0) is 11.8 Å². The fourth-order valence-electron chi connectivity index (χ4n) is 3.80. The number of urea groups is 1. The zero-order valence-electron chi connectivity index (χ0n) is 17.9. The Kier molecular flexibility index (Phi) is 5.81. The summed E-state index contributed by atoms with van der Waals surface area (Å²) in [4.78, 5) is 37.4. The molecule has 1 saturated heterocycles. The Labute approximate surface area is 180 Å². The van der Waals surface area contributed by atoms with Crippen LogP contribution in [0.15, 0.2) is 30.7 Å². The SMILES string of the molecule is Cc1ccc(NC(=O)NC(=O)CN2CCN(c3ncnc4c3cnn4C)CC2)c(C)c1. The quantitative estimate of drug-likeness (QED) is 0.655. The maximum Gasteiger partial charge on any atom is 0.325 e. The van der Waals surface area contributed by atoms with Gasteiger partial charge in [-0.25, -0.2) is 14.8 Å².